The Morgan fingerprint density at radius 3 is 2.46 bits per heavy atom. The molecule has 0 radical (unpaired) electrons. The topological polar surface area (TPSA) is 50.1 Å². The Bertz CT molecular complexity index is 692. The van der Waals surface area contributed by atoms with Crippen LogP contribution in [0.4, 0.5) is 13.2 Å². The van der Waals surface area contributed by atoms with E-state index in [1.807, 2.05) is 6.07 Å². The molecule has 1 aromatic rings. The van der Waals surface area contributed by atoms with Crippen LogP contribution in [-0.2, 0) is 9.53 Å². The van der Waals surface area contributed by atoms with Crippen molar-refractivity contribution in [1.82, 2.24) is 0 Å². The molecular formula is C17H15ClF3NO2. The number of hydrogen-bond donors (Lipinski definition) is 0. The Morgan fingerprint density at radius 2 is 1.96 bits per heavy atom. The van der Waals surface area contributed by atoms with Gasteiger partial charge < -0.3 is 4.74 Å². The van der Waals surface area contributed by atoms with E-state index in [2.05, 4.69) is 0 Å². The van der Waals surface area contributed by atoms with Crippen LogP contribution in [0.2, 0.25) is 0 Å². The second-order valence-electron chi connectivity index (χ2n) is 6.19. The first-order valence-corrected chi connectivity index (χ1v) is 7.56. The molecule has 1 aliphatic carbocycles. The van der Waals surface area contributed by atoms with Crippen LogP contribution in [0.5, 0.6) is 0 Å². The van der Waals surface area contributed by atoms with Crippen LogP contribution >= 0.6 is 11.6 Å². The Morgan fingerprint density at radius 1 is 1.38 bits per heavy atom. The second kappa shape index (κ2) is 6.48. The van der Waals surface area contributed by atoms with E-state index >= 15 is 0 Å². The van der Waals surface area contributed by atoms with Crippen molar-refractivity contribution in [3.8, 4) is 6.07 Å². The summed E-state index contributed by atoms with van der Waals surface area (Å²) in [5, 5.41) is 7.92. The fourth-order valence-corrected chi connectivity index (χ4v) is 2.81. The average Bonchev–Trinajstić information content (AvgIpc) is 3.05. The third-order valence-corrected chi connectivity index (χ3v) is 4.56. The lowest BCUT2D eigenvalue weighted by atomic mass is 10.1. The van der Waals surface area contributed by atoms with E-state index in [9.17, 15) is 18.0 Å². The largest absolute Gasteiger partial charge is 0.442 e. The number of rotatable bonds is 4. The van der Waals surface area contributed by atoms with Gasteiger partial charge in [0, 0.05) is 5.56 Å². The van der Waals surface area contributed by atoms with Gasteiger partial charge in [0.15, 0.2) is 0 Å². The predicted octanol–water partition coefficient (Wildman–Crippen LogP) is 4.75. The van der Waals surface area contributed by atoms with Gasteiger partial charge in [0.05, 0.1) is 5.92 Å². The zero-order valence-corrected chi connectivity index (χ0v) is 13.7. The van der Waals surface area contributed by atoms with Crippen LogP contribution in [0.25, 0.3) is 0 Å². The van der Waals surface area contributed by atoms with Crippen molar-refractivity contribution >= 4 is 17.6 Å². The lowest BCUT2D eigenvalue weighted by Gasteiger charge is -2.11. The van der Waals surface area contributed by atoms with Crippen LogP contribution in [0, 0.1) is 28.6 Å². The van der Waals surface area contributed by atoms with E-state index in [0.717, 1.165) is 6.08 Å². The zero-order chi connectivity index (χ0) is 18.1. The van der Waals surface area contributed by atoms with E-state index in [0.29, 0.717) is 5.56 Å². The van der Waals surface area contributed by atoms with E-state index in [4.69, 9.17) is 21.6 Å². The normalized spacial score (nSPS) is 24.0. The summed E-state index contributed by atoms with van der Waals surface area (Å²) in [6, 6.07) is 10.3. The van der Waals surface area contributed by atoms with Gasteiger partial charge in [-0.2, -0.15) is 18.4 Å². The number of hydrogen-bond acceptors (Lipinski definition) is 3. The predicted molar refractivity (Wildman–Crippen MR) is 81.6 cm³/mol. The molecule has 3 nitrogen and oxygen atoms in total. The van der Waals surface area contributed by atoms with Gasteiger partial charge in [-0.05, 0) is 11.3 Å². The molecule has 0 amide bonds. The van der Waals surface area contributed by atoms with Crippen LogP contribution in [0.3, 0.4) is 0 Å². The molecule has 7 heteroatoms. The summed E-state index contributed by atoms with van der Waals surface area (Å²) in [4.78, 5) is 12.3. The molecule has 1 unspecified atom stereocenters. The second-order valence-corrected chi connectivity index (χ2v) is 6.60. The van der Waals surface area contributed by atoms with E-state index < -0.39 is 40.5 Å². The molecule has 0 aromatic heterocycles. The lowest BCUT2D eigenvalue weighted by Crippen LogP contribution is -2.14. The number of halogens is 4. The Labute approximate surface area is 142 Å². The number of esters is 1. The number of ether oxygens (including phenoxy) is 1. The van der Waals surface area contributed by atoms with Crippen molar-refractivity contribution in [2.75, 3.05) is 0 Å². The molecule has 128 valence electrons. The SMILES string of the molecule is CC1(C)[C@H](/C=C(\Cl)C(F)(F)F)[C@@H]1C(=O)OC(C#N)c1ccccc1. The molecule has 0 aliphatic heterocycles. The molecule has 0 spiro atoms. The summed E-state index contributed by atoms with van der Waals surface area (Å²) in [7, 11) is 0. The van der Waals surface area contributed by atoms with E-state index in [-0.39, 0.29) is 0 Å². The molecule has 1 fully saturated rings. The third kappa shape index (κ3) is 3.73. The maximum Gasteiger partial charge on any atom is 0.426 e. The first-order valence-electron chi connectivity index (χ1n) is 7.18. The molecule has 0 heterocycles. The first kappa shape index (κ1) is 18.3. The number of carbonyl (C=O) groups excluding carboxylic acids is 1. The lowest BCUT2D eigenvalue weighted by molar-refractivity contribution is -0.149. The monoisotopic (exact) mass is 357 g/mol. The maximum atomic E-state index is 12.5. The highest BCUT2D eigenvalue weighted by Gasteiger charge is 2.62. The summed E-state index contributed by atoms with van der Waals surface area (Å²) in [6.07, 6.45) is -4.90. The maximum absolute atomic E-state index is 12.5. The molecule has 0 N–H and O–H groups in total. The molecule has 2 rings (SSSR count). The first-order chi connectivity index (χ1) is 11.1. The van der Waals surface area contributed by atoms with Crippen molar-refractivity contribution < 1.29 is 22.7 Å². The van der Waals surface area contributed by atoms with Gasteiger partial charge in [0.1, 0.15) is 11.1 Å². The van der Waals surface area contributed by atoms with E-state index in [1.165, 1.54) is 0 Å². The van der Waals surface area contributed by atoms with Crippen molar-refractivity contribution in [1.29, 1.82) is 5.26 Å². The van der Waals surface area contributed by atoms with Gasteiger partial charge in [-0.1, -0.05) is 61.9 Å². The van der Waals surface area contributed by atoms with Crippen molar-refractivity contribution in [3.05, 3.63) is 47.0 Å². The fraction of sp³-hybridized carbons (Fsp3) is 0.412. The van der Waals surface area contributed by atoms with Gasteiger partial charge >= 0.3 is 12.1 Å². The highest BCUT2D eigenvalue weighted by Crippen LogP contribution is 2.60. The Kier molecular flexibility index (Phi) is 4.95. The van der Waals surface area contributed by atoms with Crippen molar-refractivity contribution in [2.24, 2.45) is 17.3 Å². The molecule has 1 aromatic carbocycles. The van der Waals surface area contributed by atoms with Gasteiger partial charge in [-0.3, -0.25) is 4.79 Å². The number of alkyl halides is 3. The summed E-state index contributed by atoms with van der Waals surface area (Å²) in [5.74, 6) is -2.16. The van der Waals surface area contributed by atoms with E-state index in [1.54, 1.807) is 44.2 Å². The van der Waals surface area contributed by atoms with Crippen LogP contribution in [-0.4, -0.2) is 12.1 Å². The summed E-state index contributed by atoms with van der Waals surface area (Å²) >= 11 is 5.25. The minimum atomic E-state index is -4.64. The minimum absolute atomic E-state index is 0.507. The molecule has 0 saturated heterocycles. The Hall–Kier alpha value is -2.00. The Balaban J connectivity index is 2.12. The standard InChI is InChI=1S/C17H15ClF3NO2/c1-16(2)11(8-13(18)17(19,20)21)14(16)15(23)24-12(9-22)10-6-4-3-5-7-10/h3-8,11-12,14H,1-2H3/b13-8-/t11-,12?,14-/m1/s1. The fourth-order valence-electron chi connectivity index (χ4n) is 2.68. The van der Waals surface area contributed by atoms with Crippen molar-refractivity contribution in [3.63, 3.8) is 0 Å². The van der Waals surface area contributed by atoms with Gasteiger partial charge in [0.25, 0.3) is 0 Å². The minimum Gasteiger partial charge on any atom is -0.442 e. The molecule has 1 aliphatic rings. The number of nitrogens with zero attached hydrogens (tertiary/aromatic N) is 1. The van der Waals surface area contributed by atoms with Gasteiger partial charge in [0.2, 0.25) is 6.10 Å². The van der Waals surface area contributed by atoms with Crippen LogP contribution < -0.4 is 0 Å². The van der Waals surface area contributed by atoms with Crippen LogP contribution in [0.15, 0.2) is 41.4 Å². The number of benzene rings is 1. The van der Waals surface area contributed by atoms with Crippen molar-refractivity contribution in [2.45, 2.75) is 26.1 Å². The highest BCUT2D eigenvalue weighted by atomic mass is 35.5. The number of allylic oxidation sites excluding steroid dienone is 2. The molecule has 3 atom stereocenters. The molecule has 0 bridgehead atoms. The summed E-state index contributed by atoms with van der Waals surface area (Å²) in [6.45, 7) is 3.31. The average molecular weight is 358 g/mol. The molecule has 1 saturated carbocycles. The van der Waals surface area contributed by atoms with Gasteiger partial charge in [-0.25, -0.2) is 0 Å². The number of carbonyl (C=O) groups is 1. The molecular weight excluding hydrogens is 343 g/mol. The smallest absolute Gasteiger partial charge is 0.426 e. The highest BCUT2D eigenvalue weighted by molar-refractivity contribution is 6.30. The summed E-state index contributed by atoms with van der Waals surface area (Å²) in [5.41, 5.74) is -0.202. The summed E-state index contributed by atoms with van der Waals surface area (Å²) < 4.78 is 42.8. The quantitative estimate of drug-likeness (QED) is 0.730. The molecule has 24 heavy (non-hydrogen) atoms. The van der Waals surface area contributed by atoms with Gasteiger partial charge in [-0.15, -0.1) is 0 Å². The number of nitriles is 1. The zero-order valence-electron chi connectivity index (χ0n) is 13.0. The third-order valence-electron chi connectivity index (χ3n) is 4.21. The van der Waals surface area contributed by atoms with Crippen LogP contribution in [0.1, 0.15) is 25.5 Å².